The van der Waals surface area contributed by atoms with Crippen molar-refractivity contribution in [2.45, 2.75) is 44.7 Å². The Kier molecular flexibility index (Phi) is 7.19. The van der Waals surface area contributed by atoms with Crippen molar-refractivity contribution in [3.05, 3.63) is 53.6 Å². The van der Waals surface area contributed by atoms with Gasteiger partial charge in [0.2, 0.25) is 11.8 Å². The van der Waals surface area contributed by atoms with E-state index in [4.69, 9.17) is 4.74 Å². The molecule has 0 spiro atoms. The van der Waals surface area contributed by atoms with Crippen molar-refractivity contribution in [3.63, 3.8) is 0 Å². The number of rotatable bonds is 6. The monoisotopic (exact) mass is 490 g/mol. The summed E-state index contributed by atoms with van der Waals surface area (Å²) < 4.78 is 5.31. The number of fused-ring (bicyclic) bond motifs is 1. The summed E-state index contributed by atoms with van der Waals surface area (Å²) in [7, 11) is 5.72. The molecule has 7 heteroatoms. The summed E-state index contributed by atoms with van der Waals surface area (Å²) in [6, 6.07) is 15.0. The summed E-state index contributed by atoms with van der Waals surface area (Å²) in [6.07, 6.45) is 5.18. The van der Waals surface area contributed by atoms with Gasteiger partial charge in [-0.05, 0) is 79.1 Å². The van der Waals surface area contributed by atoms with Crippen molar-refractivity contribution in [1.29, 1.82) is 0 Å². The minimum absolute atomic E-state index is 0.121. The number of methoxy groups -OCH3 is 1. The third-order valence-corrected chi connectivity index (χ3v) is 8.34. The Bertz CT molecular complexity index is 1090. The van der Waals surface area contributed by atoms with Crippen molar-refractivity contribution in [2.75, 3.05) is 57.2 Å². The number of hydrogen-bond acceptors (Lipinski definition) is 5. The van der Waals surface area contributed by atoms with Crippen molar-refractivity contribution >= 4 is 23.2 Å². The fourth-order valence-corrected chi connectivity index (χ4v) is 5.96. The van der Waals surface area contributed by atoms with Crippen molar-refractivity contribution < 1.29 is 14.3 Å². The average molecular weight is 491 g/mol. The van der Waals surface area contributed by atoms with Gasteiger partial charge in [0.15, 0.2) is 0 Å². The van der Waals surface area contributed by atoms with E-state index in [1.54, 1.807) is 7.11 Å². The lowest BCUT2D eigenvalue weighted by Crippen LogP contribution is -2.53. The topological polar surface area (TPSA) is 56.3 Å². The van der Waals surface area contributed by atoms with Gasteiger partial charge in [-0.25, -0.2) is 0 Å². The smallest absolute Gasteiger partial charge is 0.236 e. The lowest BCUT2D eigenvalue weighted by atomic mass is 9.84. The second kappa shape index (κ2) is 10.5. The molecule has 7 nitrogen and oxygen atoms in total. The zero-order chi connectivity index (χ0) is 25.2. The van der Waals surface area contributed by atoms with Crippen molar-refractivity contribution in [3.8, 4) is 5.75 Å². The van der Waals surface area contributed by atoms with Crippen LogP contribution in [0.3, 0.4) is 0 Å². The second-order valence-corrected chi connectivity index (χ2v) is 10.6. The molecule has 2 aromatic rings. The number of benzene rings is 2. The van der Waals surface area contributed by atoms with Gasteiger partial charge in [-0.2, -0.15) is 0 Å². The highest BCUT2D eigenvalue weighted by molar-refractivity contribution is 5.96. The van der Waals surface area contributed by atoms with E-state index in [9.17, 15) is 9.59 Å². The Morgan fingerprint density at radius 2 is 1.67 bits per heavy atom. The summed E-state index contributed by atoms with van der Waals surface area (Å²) in [5.41, 5.74) is 4.36. The van der Waals surface area contributed by atoms with Crippen LogP contribution in [-0.4, -0.2) is 75.0 Å². The van der Waals surface area contributed by atoms with E-state index in [0.717, 1.165) is 36.6 Å². The van der Waals surface area contributed by atoms with Gasteiger partial charge in [-0.3, -0.25) is 14.5 Å². The van der Waals surface area contributed by atoms with Crippen molar-refractivity contribution in [2.24, 2.45) is 5.92 Å². The van der Waals surface area contributed by atoms with E-state index >= 15 is 0 Å². The van der Waals surface area contributed by atoms with Gasteiger partial charge >= 0.3 is 0 Å². The Morgan fingerprint density at radius 1 is 0.917 bits per heavy atom. The van der Waals surface area contributed by atoms with E-state index < -0.39 is 0 Å². The SMILES string of the molecule is COc1ccc2c(c1)CC(=O)N(c1ccc(N(C)CC3CCC(N4CCN(C)C(=O)C4)CC3)cc1)C2. The summed E-state index contributed by atoms with van der Waals surface area (Å²) in [5, 5.41) is 0. The molecule has 36 heavy (non-hydrogen) atoms. The molecule has 1 saturated heterocycles. The number of piperazine rings is 1. The van der Waals surface area contributed by atoms with Crippen molar-refractivity contribution in [1.82, 2.24) is 9.80 Å². The van der Waals surface area contributed by atoms with Crippen LogP contribution in [0.5, 0.6) is 5.75 Å². The number of hydrogen-bond donors (Lipinski definition) is 0. The fraction of sp³-hybridized carbons (Fsp3) is 0.517. The first-order chi connectivity index (χ1) is 17.4. The number of anilines is 2. The molecule has 1 aliphatic carbocycles. The Hall–Kier alpha value is -3.06. The molecule has 2 aliphatic heterocycles. The normalized spacial score (nSPS) is 23.0. The number of carbonyl (C=O) groups excluding carboxylic acids is 2. The lowest BCUT2D eigenvalue weighted by molar-refractivity contribution is -0.135. The van der Waals surface area contributed by atoms with Crippen LogP contribution in [0.1, 0.15) is 36.8 Å². The molecule has 2 fully saturated rings. The number of carbonyl (C=O) groups is 2. The number of likely N-dealkylation sites (N-methyl/N-ethyl adjacent to an activating group) is 1. The molecule has 0 radical (unpaired) electrons. The largest absolute Gasteiger partial charge is 0.497 e. The summed E-state index contributed by atoms with van der Waals surface area (Å²) in [5.74, 6) is 1.84. The van der Waals surface area contributed by atoms with Gasteiger partial charge in [0.05, 0.1) is 26.6 Å². The minimum atomic E-state index is 0.121. The van der Waals surface area contributed by atoms with Gasteiger partial charge < -0.3 is 19.4 Å². The first-order valence-corrected chi connectivity index (χ1v) is 13.2. The third-order valence-electron chi connectivity index (χ3n) is 8.34. The number of nitrogens with zero attached hydrogens (tertiary/aromatic N) is 4. The van der Waals surface area contributed by atoms with Gasteiger partial charge in [0, 0.05) is 51.1 Å². The molecular formula is C29H38N4O3. The molecule has 0 aromatic heterocycles. The van der Waals surface area contributed by atoms with E-state index in [1.807, 2.05) is 29.0 Å². The standard InChI is InChI=1S/C29H38N4O3/c1-30-14-15-32(20-29(30)35)25-7-4-21(5-8-25)18-31(2)24-9-11-26(12-10-24)33-19-22-6-13-27(36-3)16-23(22)17-28(33)34/h6,9-13,16,21,25H,4-5,7-8,14-15,17-20H2,1-3H3. The van der Waals surface area contributed by atoms with Crippen LogP contribution in [0.25, 0.3) is 0 Å². The van der Waals surface area contributed by atoms with E-state index in [0.29, 0.717) is 31.5 Å². The first-order valence-electron chi connectivity index (χ1n) is 13.2. The highest BCUT2D eigenvalue weighted by Gasteiger charge is 2.31. The first kappa shape index (κ1) is 24.6. The lowest BCUT2D eigenvalue weighted by Gasteiger charge is -2.41. The quantitative estimate of drug-likeness (QED) is 0.620. The molecule has 2 heterocycles. The molecule has 5 rings (SSSR count). The highest BCUT2D eigenvalue weighted by atomic mass is 16.5. The molecule has 0 unspecified atom stereocenters. The molecule has 0 bridgehead atoms. The molecule has 0 atom stereocenters. The molecule has 1 saturated carbocycles. The van der Waals surface area contributed by atoms with Crippen LogP contribution in [0.15, 0.2) is 42.5 Å². The van der Waals surface area contributed by atoms with Crippen LogP contribution in [0.4, 0.5) is 11.4 Å². The van der Waals surface area contributed by atoms with Crippen LogP contribution >= 0.6 is 0 Å². The Morgan fingerprint density at radius 3 is 2.36 bits per heavy atom. The maximum atomic E-state index is 12.9. The minimum Gasteiger partial charge on any atom is -0.497 e. The van der Waals surface area contributed by atoms with Gasteiger partial charge in [-0.15, -0.1) is 0 Å². The van der Waals surface area contributed by atoms with Crippen LogP contribution in [0.2, 0.25) is 0 Å². The highest BCUT2D eigenvalue weighted by Crippen LogP contribution is 2.32. The molecule has 192 valence electrons. The van der Waals surface area contributed by atoms with E-state index in [-0.39, 0.29) is 11.8 Å². The summed E-state index contributed by atoms with van der Waals surface area (Å²) in [4.78, 5) is 33.4. The van der Waals surface area contributed by atoms with Gasteiger partial charge in [-0.1, -0.05) is 6.07 Å². The summed E-state index contributed by atoms with van der Waals surface area (Å²) in [6.45, 7) is 4.06. The maximum Gasteiger partial charge on any atom is 0.236 e. The number of amides is 2. The zero-order valence-corrected chi connectivity index (χ0v) is 21.8. The average Bonchev–Trinajstić information content (AvgIpc) is 2.90. The van der Waals surface area contributed by atoms with Gasteiger partial charge in [0.1, 0.15) is 5.75 Å². The van der Waals surface area contributed by atoms with Crippen LogP contribution in [0, 0.1) is 5.92 Å². The fourth-order valence-electron chi connectivity index (χ4n) is 5.96. The zero-order valence-electron chi connectivity index (χ0n) is 21.8. The molecular weight excluding hydrogens is 452 g/mol. The Labute approximate surface area is 214 Å². The van der Waals surface area contributed by atoms with Crippen LogP contribution in [-0.2, 0) is 22.6 Å². The van der Waals surface area contributed by atoms with Crippen LogP contribution < -0.4 is 14.5 Å². The number of ether oxygens (including phenoxy) is 1. The second-order valence-electron chi connectivity index (χ2n) is 10.6. The third kappa shape index (κ3) is 5.21. The molecule has 0 N–H and O–H groups in total. The molecule has 3 aliphatic rings. The van der Waals surface area contributed by atoms with Gasteiger partial charge in [0.25, 0.3) is 0 Å². The predicted octanol–water partition coefficient (Wildman–Crippen LogP) is 3.55. The maximum absolute atomic E-state index is 12.9. The molecule has 2 aromatic carbocycles. The van der Waals surface area contributed by atoms with E-state index in [2.05, 4.69) is 47.2 Å². The molecule has 2 amide bonds. The summed E-state index contributed by atoms with van der Waals surface area (Å²) >= 11 is 0. The predicted molar refractivity (Wildman–Crippen MR) is 143 cm³/mol. The Balaban J connectivity index is 1.14. The van der Waals surface area contributed by atoms with E-state index in [1.165, 1.54) is 36.9 Å².